The van der Waals surface area contributed by atoms with Gasteiger partial charge in [0.05, 0.1) is 6.61 Å². The molecule has 0 saturated carbocycles. The molecule has 1 fully saturated rings. The molecule has 1 atom stereocenters. The molecule has 1 aromatic carbocycles. The van der Waals surface area contributed by atoms with Gasteiger partial charge in [-0.1, -0.05) is 18.2 Å². The van der Waals surface area contributed by atoms with Crippen molar-refractivity contribution in [3.8, 4) is 5.75 Å². The fourth-order valence-electron chi connectivity index (χ4n) is 3.13. The molecular weight excluding hydrogens is 282 g/mol. The van der Waals surface area contributed by atoms with Crippen molar-refractivity contribution >= 4 is 17.7 Å². The molecule has 0 aromatic heterocycles. The van der Waals surface area contributed by atoms with Crippen LogP contribution < -0.4 is 10.1 Å². The lowest BCUT2D eigenvalue weighted by atomic mass is 9.90. The lowest BCUT2D eigenvalue weighted by Crippen LogP contribution is -2.32. The van der Waals surface area contributed by atoms with E-state index in [4.69, 9.17) is 4.74 Å². The van der Waals surface area contributed by atoms with Gasteiger partial charge in [-0.05, 0) is 54.2 Å². The molecule has 4 heteroatoms. The van der Waals surface area contributed by atoms with Gasteiger partial charge in [-0.15, -0.1) is 0 Å². The van der Waals surface area contributed by atoms with Crippen LogP contribution in [0.5, 0.6) is 5.75 Å². The molecule has 1 aromatic rings. The number of rotatable bonds is 4. The van der Waals surface area contributed by atoms with E-state index in [0.717, 1.165) is 25.3 Å². The highest BCUT2D eigenvalue weighted by Gasteiger charge is 2.23. The lowest BCUT2D eigenvalue weighted by Gasteiger charge is -2.26. The summed E-state index contributed by atoms with van der Waals surface area (Å²) >= 11 is 2.03. The summed E-state index contributed by atoms with van der Waals surface area (Å²) in [5.74, 6) is 4.61. The molecule has 1 saturated heterocycles. The first kappa shape index (κ1) is 14.8. The normalized spacial score (nSPS) is 22.2. The summed E-state index contributed by atoms with van der Waals surface area (Å²) < 4.78 is 5.66. The first-order chi connectivity index (χ1) is 10.3. The highest BCUT2D eigenvalue weighted by atomic mass is 32.2. The maximum absolute atomic E-state index is 12.2. The maximum atomic E-state index is 12.2. The summed E-state index contributed by atoms with van der Waals surface area (Å²) in [4.78, 5) is 12.2. The van der Waals surface area contributed by atoms with Crippen molar-refractivity contribution in [2.75, 3.05) is 24.7 Å². The van der Waals surface area contributed by atoms with Gasteiger partial charge in [0.15, 0.2) is 0 Å². The van der Waals surface area contributed by atoms with Gasteiger partial charge in [0.25, 0.3) is 0 Å². The van der Waals surface area contributed by atoms with Gasteiger partial charge in [-0.2, -0.15) is 11.8 Å². The molecule has 0 unspecified atom stereocenters. The first-order valence-corrected chi connectivity index (χ1v) is 9.04. The number of carbonyl (C=O) groups is 1. The Balaban J connectivity index is 1.51. The van der Waals surface area contributed by atoms with E-state index >= 15 is 0 Å². The van der Waals surface area contributed by atoms with E-state index in [2.05, 4.69) is 11.4 Å². The van der Waals surface area contributed by atoms with Crippen molar-refractivity contribution in [2.24, 2.45) is 5.92 Å². The zero-order chi connectivity index (χ0) is 14.5. The predicted octanol–water partition coefficient (Wildman–Crippen LogP) is 3.20. The number of para-hydroxylation sites is 1. The molecule has 0 aliphatic carbocycles. The van der Waals surface area contributed by atoms with E-state index in [1.165, 1.54) is 29.9 Å². The van der Waals surface area contributed by atoms with E-state index in [1.807, 2.05) is 30.0 Å². The van der Waals surface area contributed by atoms with Crippen LogP contribution in [0.1, 0.15) is 37.2 Å². The number of amides is 1. The van der Waals surface area contributed by atoms with Crippen LogP contribution in [0, 0.1) is 5.92 Å². The van der Waals surface area contributed by atoms with Gasteiger partial charge in [0, 0.05) is 13.0 Å². The molecule has 3 rings (SSSR count). The number of benzene rings is 1. The van der Waals surface area contributed by atoms with Gasteiger partial charge >= 0.3 is 0 Å². The Kier molecular flexibility index (Phi) is 5.07. The summed E-state index contributed by atoms with van der Waals surface area (Å²) in [6, 6.07) is 8.10. The van der Waals surface area contributed by atoms with Crippen molar-refractivity contribution in [1.29, 1.82) is 0 Å². The van der Waals surface area contributed by atoms with Crippen molar-refractivity contribution in [3.05, 3.63) is 29.8 Å². The van der Waals surface area contributed by atoms with Gasteiger partial charge < -0.3 is 10.1 Å². The topological polar surface area (TPSA) is 38.3 Å². The van der Waals surface area contributed by atoms with Crippen LogP contribution in [-0.4, -0.2) is 30.6 Å². The predicted molar refractivity (Wildman–Crippen MR) is 87.0 cm³/mol. The van der Waals surface area contributed by atoms with E-state index in [1.54, 1.807) is 0 Å². The molecule has 21 heavy (non-hydrogen) atoms. The van der Waals surface area contributed by atoms with Crippen LogP contribution in [0.4, 0.5) is 0 Å². The molecule has 0 bridgehead atoms. The summed E-state index contributed by atoms with van der Waals surface area (Å²) in [6.45, 7) is 1.57. The van der Waals surface area contributed by atoms with Crippen LogP contribution in [0.15, 0.2) is 24.3 Å². The second kappa shape index (κ2) is 7.21. The Labute approximate surface area is 130 Å². The quantitative estimate of drug-likeness (QED) is 0.928. The van der Waals surface area contributed by atoms with Crippen molar-refractivity contribution in [3.63, 3.8) is 0 Å². The second-order valence-electron chi connectivity index (χ2n) is 5.94. The first-order valence-electron chi connectivity index (χ1n) is 7.89. The number of ether oxygens (including phenoxy) is 1. The Morgan fingerprint density at radius 3 is 2.90 bits per heavy atom. The third-order valence-electron chi connectivity index (χ3n) is 4.44. The van der Waals surface area contributed by atoms with E-state index in [-0.39, 0.29) is 5.91 Å². The van der Waals surface area contributed by atoms with Gasteiger partial charge in [-0.25, -0.2) is 0 Å². The monoisotopic (exact) mass is 305 g/mol. The zero-order valence-corrected chi connectivity index (χ0v) is 13.2. The fraction of sp³-hybridized carbons (Fsp3) is 0.588. The van der Waals surface area contributed by atoms with E-state index < -0.39 is 0 Å². The van der Waals surface area contributed by atoms with Crippen LogP contribution >= 0.6 is 11.8 Å². The van der Waals surface area contributed by atoms with Crippen LogP contribution in [0.3, 0.4) is 0 Å². The largest absolute Gasteiger partial charge is 0.493 e. The molecule has 0 radical (unpaired) electrons. The van der Waals surface area contributed by atoms with Crippen molar-refractivity contribution in [2.45, 2.75) is 31.6 Å². The van der Waals surface area contributed by atoms with Gasteiger partial charge in [-0.3, -0.25) is 4.79 Å². The highest BCUT2D eigenvalue weighted by Crippen LogP contribution is 2.35. The van der Waals surface area contributed by atoms with E-state index in [0.29, 0.717) is 18.3 Å². The number of thioether (sulfide) groups is 1. The third kappa shape index (κ3) is 3.94. The molecule has 114 valence electrons. The van der Waals surface area contributed by atoms with Crippen LogP contribution in [0.2, 0.25) is 0 Å². The Hall–Kier alpha value is -1.16. The van der Waals surface area contributed by atoms with Gasteiger partial charge in [0.2, 0.25) is 5.91 Å². The Bertz CT molecular complexity index is 485. The SMILES string of the molecule is O=C(C[C@H]1CCOc2ccccc21)NCC1CCSCC1. The Morgan fingerprint density at radius 1 is 1.24 bits per heavy atom. The maximum Gasteiger partial charge on any atom is 0.220 e. The number of fused-ring (bicyclic) bond motifs is 1. The minimum Gasteiger partial charge on any atom is -0.493 e. The molecule has 2 aliphatic heterocycles. The molecular formula is C17H23NO2S. The molecule has 1 N–H and O–H groups in total. The van der Waals surface area contributed by atoms with E-state index in [9.17, 15) is 4.79 Å². The average Bonchev–Trinajstić information content (AvgIpc) is 2.54. The third-order valence-corrected chi connectivity index (χ3v) is 5.49. The number of carbonyl (C=O) groups excluding carboxylic acids is 1. The molecule has 3 nitrogen and oxygen atoms in total. The lowest BCUT2D eigenvalue weighted by molar-refractivity contribution is -0.121. The summed E-state index contributed by atoms with van der Waals surface area (Å²) in [7, 11) is 0. The summed E-state index contributed by atoms with van der Waals surface area (Å²) in [5, 5.41) is 3.14. The van der Waals surface area contributed by atoms with Gasteiger partial charge in [0.1, 0.15) is 5.75 Å². The molecule has 1 amide bonds. The standard InChI is InChI=1S/C17H23NO2S/c19-17(18-12-13-6-9-21-10-7-13)11-14-5-8-20-16-4-2-1-3-15(14)16/h1-4,13-14H,5-12H2,(H,18,19)/t14-/m1/s1. The minimum atomic E-state index is 0.190. The summed E-state index contributed by atoms with van der Waals surface area (Å²) in [5.41, 5.74) is 1.19. The van der Waals surface area contributed by atoms with Crippen LogP contribution in [0.25, 0.3) is 0 Å². The number of nitrogens with one attached hydrogen (secondary N) is 1. The Morgan fingerprint density at radius 2 is 2.05 bits per heavy atom. The second-order valence-corrected chi connectivity index (χ2v) is 7.16. The molecule has 2 aliphatic rings. The molecule has 2 heterocycles. The zero-order valence-electron chi connectivity index (χ0n) is 12.3. The number of hydrogen-bond donors (Lipinski definition) is 1. The minimum absolute atomic E-state index is 0.190. The van der Waals surface area contributed by atoms with Crippen LogP contribution in [-0.2, 0) is 4.79 Å². The van der Waals surface area contributed by atoms with Crippen molar-refractivity contribution in [1.82, 2.24) is 5.32 Å². The summed E-state index contributed by atoms with van der Waals surface area (Å²) in [6.07, 6.45) is 4.00. The smallest absolute Gasteiger partial charge is 0.220 e. The average molecular weight is 305 g/mol. The highest BCUT2D eigenvalue weighted by molar-refractivity contribution is 7.99. The molecule has 0 spiro atoms. The number of hydrogen-bond acceptors (Lipinski definition) is 3. The van der Waals surface area contributed by atoms with Crippen molar-refractivity contribution < 1.29 is 9.53 Å². The fourth-order valence-corrected chi connectivity index (χ4v) is 4.34.